The highest BCUT2D eigenvalue weighted by atomic mass is 35.5. The van der Waals surface area contributed by atoms with Crippen LogP contribution in [0.15, 0.2) is 54.6 Å². The summed E-state index contributed by atoms with van der Waals surface area (Å²) in [4.78, 5) is 15.0. The Balaban J connectivity index is 1.59. The fourth-order valence-corrected chi connectivity index (χ4v) is 5.65. The van der Waals surface area contributed by atoms with Gasteiger partial charge in [-0.2, -0.15) is 0 Å². The van der Waals surface area contributed by atoms with Gasteiger partial charge in [-0.25, -0.2) is 12.8 Å². The van der Waals surface area contributed by atoms with Gasteiger partial charge in [0, 0.05) is 34.9 Å². The number of fused-ring (bicyclic) bond motifs is 2. The molecule has 9 nitrogen and oxygen atoms in total. The number of nitrogens with one attached hydrogen (secondary N) is 2. The molecule has 0 spiro atoms. The number of nitrogens with zero attached hydrogens (tertiary/aromatic N) is 2. The molecule has 0 radical (unpaired) electrons. The van der Waals surface area contributed by atoms with Gasteiger partial charge in [-0.3, -0.25) is 9.10 Å². The van der Waals surface area contributed by atoms with Crippen molar-refractivity contribution in [1.82, 2.24) is 4.90 Å². The summed E-state index contributed by atoms with van der Waals surface area (Å²) >= 11 is 6.15. The largest absolute Gasteiger partial charge is 0.486 e. The number of likely N-dealkylation sites (N-methyl/N-ethyl adjacent to an activating group) is 1. The summed E-state index contributed by atoms with van der Waals surface area (Å²) in [5.74, 6) is 0.00318. The smallest absolute Gasteiger partial charge is 0.258 e. The minimum absolute atomic E-state index is 0.0676. The molecule has 2 heterocycles. The Morgan fingerprint density at radius 3 is 2.48 bits per heavy atom. The van der Waals surface area contributed by atoms with Gasteiger partial charge in [-0.1, -0.05) is 17.7 Å². The first kappa shape index (κ1) is 27.8. The van der Waals surface area contributed by atoms with E-state index in [0.29, 0.717) is 70.1 Å². The van der Waals surface area contributed by atoms with Gasteiger partial charge in [-0.05, 0) is 62.6 Å². The Hall–Kier alpha value is -3.80. The molecule has 5 rings (SSSR count). The van der Waals surface area contributed by atoms with E-state index < -0.39 is 15.8 Å². The average Bonchev–Trinajstić information content (AvgIpc) is 3.21. The number of halogens is 2. The third kappa shape index (κ3) is 5.72. The van der Waals surface area contributed by atoms with E-state index in [0.717, 1.165) is 10.6 Å². The number of anilines is 3. The number of ether oxygens (including phenoxy) is 2. The average molecular weight is 587 g/mol. The highest BCUT2D eigenvalue weighted by Gasteiger charge is 2.30. The molecule has 3 aromatic carbocycles. The number of rotatable bonds is 8. The van der Waals surface area contributed by atoms with Gasteiger partial charge in [0.15, 0.2) is 11.5 Å². The topological polar surface area (TPSA) is 100 Å². The van der Waals surface area contributed by atoms with E-state index in [1.54, 1.807) is 42.5 Å². The van der Waals surface area contributed by atoms with Crippen LogP contribution in [0.2, 0.25) is 5.02 Å². The molecule has 210 valence electrons. The highest BCUT2D eigenvalue weighted by Crippen LogP contribution is 2.41. The fraction of sp³-hybridized carbons (Fsp3) is 0.250. The Labute approximate surface area is 237 Å². The summed E-state index contributed by atoms with van der Waals surface area (Å²) in [6.07, 6.45) is 1.04. The van der Waals surface area contributed by atoms with Crippen LogP contribution < -0.4 is 24.4 Å². The summed E-state index contributed by atoms with van der Waals surface area (Å²) in [6.45, 7) is 1.31. The van der Waals surface area contributed by atoms with Crippen LogP contribution in [-0.2, 0) is 14.8 Å². The molecule has 2 aliphatic heterocycles. The maximum atomic E-state index is 15.5. The van der Waals surface area contributed by atoms with Crippen molar-refractivity contribution >= 4 is 55.9 Å². The molecule has 0 fully saturated rings. The Kier molecular flexibility index (Phi) is 7.63. The standard InChI is InChI=1S/C28H28ClFN4O5S/c1-33(2)10-11-34(40(3,36)37)23-8-6-19(16-21(23)30)31-27(17-4-9-24-25(14-17)39-13-12-38-24)26-20-7-5-18(29)15-22(20)32-28(26)35/h4-9,14-16,31H,10-13H2,1-3H3,(H,32,35)/b27-26-. The minimum Gasteiger partial charge on any atom is -0.486 e. The Morgan fingerprint density at radius 2 is 1.77 bits per heavy atom. The van der Waals surface area contributed by atoms with Gasteiger partial charge < -0.3 is 25.0 Å². The molecule has 1 amide bonds. The summed E-state index contributed by atoms with van der Waals surface area (Å²) in [6, 6.07) is 14.5. The summed E-state index contributed by atoms with van der Waals surface area (Å²) in [5.41, 5.74) is 2.75. The molecule has 12 heteroatoms. The second-order valence-electron chi connectivity index (χ2n) is 9.68. The van der Waals surface area contributed by atoms with Crippen LogP contribution in [0.3, 0.4) is 0 Å². The zero-order valence-corrected chi connectivity index (χ0v) is 23.7. The van der Waals surface area contributed by atoms with Crippen LogP contribution >= 0.6 is 11.6 Å². The molecule has 0 bridgehead atoms. The van der Waals surface area contributed by atoms with Crippen LogP contribution in [0, 0.1) is 5.82 Å². The number of hydrogen-bond acceptors (Lipinski definition) is 7. The van der Waals surface area contributed by atoms with Crippen molar-refractivity contribution in [3.05, 3.63) is 76.6 Å². The first-order chi connectivity index (χ1) is 19.0. The van der Waals surface area contributed by atoms with E-state index in [1.165, 1.54) is 12.1 Å². The van der Waals surface area contributed by atoms with Gasteiger partial charge in [0.05, 0.1) is 28.9 Å². The second-order valence-corrected chi connectivity index (χ2v) is 12.0. The lowest BCUT2D eigenvalue weighted by molar-refractivity contribution is -0.110. The SMILES string of the molecule is CN(C)CCN(c1ccc(N/C(=C2\C(=O)Nc3cc(Cl)ccc32)c2ccc3c(c2)OCCO3)cc1F)S(C)(=O)=O. The van der Waals surface area contributed by atoms with Crippen molar-refractivity contribution in [2.45, 2.75) is 0 Å². The minimum atomic E-state index is -3.73. The first-order valence-electron chi connectivity index (χ1n) is 12.5. The number of amides is 1. The van der Waals surface area contributed by atoms with E-state index in [4.69, 9.17) is 21.1 Å². The second kappa shape index (κ2) is 11.0. The monoisotopic (exact) mass is 586 g/mol. The number of sulfonamides is 1. The van der Waals surface area contributed by atoms with Gasteiger partial charge in [0.1, 0.15) is 19.0 Å². The molecule has 0 aliphatic carbocycles. The van der Waals surface area contributed by atoms with Crippen LogP contribution in [0.25, 0.3) is 11.3 Å². The molecular weight excluding hydrogens is 559 g/mol. The Bertz CT molecular complexity index is 1630. The fourth-order valence-electron chi connectivity index (χ4n) is 4.56. The quantitative estimate of drug-likeness (QED) is 0.375. The lowest BCUT2D eigenvalue weighted by Crippen LogP contribution is -2.36. The Morgan fingerprint density at radius 1 is 1.02 bits per heavy atom. The number of carbonyl (C=O) groups is 1. The molecule has 0 unspecified atom stereocenters. The van der Waals surface area contributed by atoms with Crippen molar-refractivity contribution in [2.75, 3.05) is 61.6 Å². The van der Waals surface area contributed by atoms with Gasteiger partial charge in [-0.15, -0.1) is 0 Å². The third-order valence-corrected chi connectivity index (χ3v) is 7.86. The lowest BCUT2D eigenvalue weighted by atomic mass is 9.99. The van der Waals surface area contributed by atoms with Crippen molar-refractivity contribution < 1.29 is 27.1 Å². The molecular formula is C28H28ClFN4O5S. The van der Waals surface area contributed by atoms with E-state index in [1.807, 2.05) is 19.0 Å². The van der Waals surface area contributed by atoms with Crippen molar-refractivity contribution in [3.63, 3.8) is 0 Å². The van der Waals surface area contributed by atoms with E-state index in [9.17, 15) is 13.2 Å². The molecule has 0 saturated carbocycles. The van der Waals surface area contributed by atoms with E-state index in [-0.39, 0.29) is 18.1 Å². The van der Waals surface area contributed by atoms with Crippen LogP contribution in [0.1, 0.15) is 11.1 Å². The molecule has 2 N–H and O–H groups in total. The zero-order valence-electron chi connectivity index (χ0n) is 22.1. The number of benzene rings is 3. The van der Waals surface area contributed by atoms with Gasteiger partial charge in [0.2, 0.25) is 10.0 Å². The molecule has 3 aromatic rings. The molecule has 0 saturated heterocycles. The van der Waals surface area contributed by atoms with Crippen molar-refractivity contribution in [1.29, 1.82) is 0 Å². The van der Waals surface area contributed by atoms with Crippen LogP contribution in [0.4, 0.5) is 21.5 Å². The molecule has 0 aromatic heterocycles. The summed E-state index contributed by atoms with van der Waals surface area (Å²) < 4.78 is 52.8. The number of hydrogen-bond donors (Lipinski definition) is 2. The maximum absolute atomic E-state index is 15.5. The van der Waals surface area contributed by atoms with Crippen LogP contribution in [-0.4, -0.2) is 65.9 Å². The predicted octanol–water partition coefficient (Wildman–Crippen LogP) is 4.51. The molecule has 0 atom stereocenters. The predicted molar refractivity (Wildman–Crippen MR) is 155 cm³/mol. The highest BCUT2D eigenvalue weighted by molar-refractivity contribution is 7.92. The van der Waals surface area contributed by atoms with Crippen molar-refractivity contribution in [3.8, 4) is 11.5 Å². The first-order valence-corrected chi connectivity index (χ1v) is 14.7. The van der Waals surface area contributed by atoms with Gasteiger partial charge >= 0.3 is 0 Å². The lowest BCUT2D eigenvalue weighted by Gasteiger charge is -2.25. The van der Waals surface area contributed by atoms with Crippen molar-refractivity contribution in [2.24, 2.45) is 0 Å². The molecule has 40 heavy (non-hydrogen) atoms. The molecule has 2 aliphatic rings. The van der Waals surface area contributed by atoms with Gasteiger partial charge in [0.25, 0.3) is 5.91 Å². The van der Waals surface area contributed by atoms with E-state index >= 15 is 4.39 Å². The van der Waals surface area contributed by atoms with Crippen LogP contribution in [0.5, 0.6) is 11.5 Å². The normalized spacial score (nSPS) is 15.5. The number of carbonyl (C=O) groups excluding carboxylic acids is 1. The summed E-state index contributed by atoms with van der Waals surface area (Å²) in [5, 5.41) is 6.50. The zero-order chi connectivity index (χ0) is 28.6. The third-order valence-electron chi connectivity index (χ3n) is 6.44. The summed E-state index contributed by atoms with van der Waals surface area (Å²) in [7, 11) is -0.119. The maximum Gasteiger partial charge on any atom is 0.258 e. The van der Waals surface area contributed by atoms with E-state index in [2.05, 4.69) is 10.6 Å².